The SMILES string of the molecule is COc1ccc(CCCCN2CCNCC2)cc1Cl. The molecule has 0 bridgehead atoms. The molecule has 1 fully saturated rings. The normalized spacial score (nSPS) is 16.5. The van der Waals surface area contributed by atoms with E-state index in [-0.39, 0.29) is 0 Å². The molecule has 0 aliphatic carbocycles. The number of methoxy groups -OCH3 is 1. The molecular formula is C15H23ClN2O. The minimum absolute atomic E-state index is 0.710. The van der Waals surface area contributed by atoms with Gasteiger partial charge in [0.15, 0.2) is 0 Å². The van der Waals surface area contributed by atoms with Crippen LogP contribution in [-0.4, -0.2) is 44.7 Å². The molecule has 2 rings (SSSR count). The Labute approximate surface area is 120 Å². The molecule has 106 valence electrons. The third-order valence-electron chi connectivity index (χ3n) is 3.62. The lowest BCUT2D eigenvalue weighted by Gasteiger charge is -2.27. The van der Waals surface area contributed by atoms with E-state index in [9.17, 15) is 0 Å². The Morgan fingerprint density at radius 1 is 1.26 bits per heavy atom. The van der Waals surface area contributed by atoms with Crippen LogP contribution in [0.25, 0.3) is 0 Å². The van der Waals surface area contributed by atoms with E-state index in [4.69, 9.17) is 16.3 Å². The first-order valence-corrected chi connectivity index (χ1v) is 7.43. The highest BCUT2D eigenvalue weighted by Gasteiger charge is 2.08. The van der Waals surface area contributed by atoms with Gasteiger partial charge in [0.1, 0.15) is 5.75 Å². The van der Waals surface area contributed by atoms with Crippen molar-refractivity contribution in [2.24, 2.45) is 0 Å². The number of nitrogens with one attached hydrogen (secondary N) is 1. The zero-order valence-corrected chi connectivity index (χ0v) is 12.4. The highest BCUT2D eigenvalue weighted by molar-refractivity contribution is 6.32. The van der Waals surface area contributed by atoms with Gasteiger partial charge in [0.25, 0.3) is 0 Å². The van der Waals surface area contributed by atoms with Crippen molar-refractivity contribution in [1.82, 2.24) is 10.2 Å². The van der Waals surface area contributed by atoms with Crippen LogP contribution in [0.2, 0.25) is 5.02 Å². The van der Waals surface area contributed by atoms with Crippen molar-refractivity contribution >= 4 is 11.6 Å². The summed E-state index contributed by atoms with van der Waals surface area (Å²) in [6.07, 6.45) is 3.56. The van der Waals surface area contributed by atoms with Gasteiger partial charge in [-0.25, -0.2) is 0 Å². The fraction of sp³-hybridized carbons (Fsp3) is 0.600. The van der Waals surface area contributed by atoms with Crippen molar-refractivity contribution in [2.75, 3.05) is 39.8 Å². The average molecular weight is 283 g/mol. The van der Waals surface area contributed by atoms with Crippen LogP contribution in [0.1, 0.15) is 18.4 Å². The van der Waals surface area contributed by atoms with E-state index in [1.54, 1.807) is 7.11 Å². The van der Waals surface area contributed by atoms with E-state index in [1.807, 2.05) is 12.1 Å². The summed E-state index contributed by atoms with van der Waals surface area (Å²) in [4.78, 5) is 2.54. The van der Waals surface area contributed by atoms with Crippen molar-refractivity contribution in [1.29, 1.82) is 0 Å². The van der Waals surface area contributed by atoms with Crippen molar-refractivity contribution < 1.29 is 4.74 Å². The Morgan fingerprint density at radius 3 is 2.74 bits per heavy atom. The molecule has 1 aliphatic rings. The highest BCUT2D eigenvalue weighted by atomic mass is 35.5. The molecule has 0 saturated carbocycles. The summed E-state index contributed by atoms with van der Waals surface area (Å²) >= 11 is 6.12. The van der Waals surface area contributed by atoms with E-state index in [1.165, 1.54) is 38.0 Å². The van der Waals surface area contributed by atoms with Gasteiger partial charge in [-0.15, -0.1) is 0 Å². The first-order chi connectivity index (χ1) is 9.29. The third-order valence-corrected chi connectivity index (χ3v) is 3.91. The van der Waals surface area contributed by atoms with E-state index >= 15 is 0 Å². The van der Waals surface area contributed by atoms with Crippen LogP contribution < -0.4 is 10.1 Å². The molecule has 1 saturated heterocycles. The second kappa shape index (κ2) is 7.73. The Hall–Kier alpha value is -0.770. The number of hydrogen-bond donors (Lipinski definition) is 1. The molecule has 0 radical (unpaired) electrons. The second-order valence-corrected chi connectivity index (χ2v) is 5.42. The molecule has 3 nitrogen and oxygen atoms in total. The van der Waals surface area contributed by atoms with E-state index in [2.05, 4.69) is 16.3 Å². The molecule has 0 aromatic heterocycles. The molecule has 0 unspecified atom stereocenters. The van der Waals surface area contributed by atoms with E-state index in [0.717, 1.165) is 25.3 Å². The van der Waals surface area contributed by atoms with Gasteiger partial charge in [-0.2, -0.15) is 0 Å². The molecule has 1 N–H and O–H groups in total. The van der Waals surface area contributed by atoms with Crippen LogP contribution in [0.15, 0.2) is 18.2 Å². The Bertz CT molecular complexity index is 392. The smallest absolute Gasteiger partial charge is 0.137 e. The minimum Gasteiger partial charge on any atom is -0.495 e. The monoisotopic (exact) mass is 282 g/mol. The summed E-state index contributed by atoms with van der Waals surface area (Å²) in [5.41, 5.74) is 1.30. The number of ether oxygens (including phenoxy) is 1. The van der Waals surface area contributed by atoms with Gasteiger partial charge in [-0.3, -0.25) is 0 Å². The molecule has 1 aromatic rings. The molecule has 1 aliphatic heterocycles. The number of nitrogens with zero attached hydrogens (tertiary/aromatic N) is 1. The number of piperazine rings is 1. The summed E-state index contributed by atoms with van der Waals surface area (Å²) in [5.74, 6) is 0.756. The molecular weight excluding hydrogens is 260 g/mol. The average Bonchev–Trinajstić information content (AvgIpc) is 2.45. The van der Waals surface area contributed by atoms with Gasteiger partial charge in [-0.1, -0.05) is 17.7 Å². The topological polar surface area (TPSA) is 24.5 Å². The van der Waals surface area contributed by atoms with Gasteiger partial charge >= 0.3 is 0 Å². The van der Waals surface area contributed by atoms with Gasteiger partial charge in [0, 0.05) is 26.2 Å². The van der Waals surface area contributed by atoms with Crippen LogP contribution in [0.3, 0.4) is 0 Å². The summed E-state index contributed by atoms with van der Waals surface area (Å²) in [6, 6.07) is 6.08. The first kappa shape index (κ1) is 14.6. The van der Waals surface area contributed by atoms with Gasteiger partial charge in [0.2, 0.25) is 0 Å². The van der Waals surface area contributed by atoms with Crippen molar-refractivity contribution in [3.8, 4) is 5.75 Å². The summed E-state index contributed by atoms with van der Waals surface area (Å²) in [6.45, 7) is 5.86. The van der Waals surface area contributed by atoms with Gasteiger partial charge in [0.05, 0.1) is 12.1 Å². The first-order valence-electron chi connectivity index (χ1n) is 7.05. The molecule has 0 atom stereocenters. The van der Waals surface area contributed by atoms with Crippen LogP contribution in [0, 0.1) is 0 Å². The number of hydrogen-bond acceptors (Lipinski definition) is 3. The number of rotatable bonds is 6. The Balaban J connectivity index is 1.69. The van der Waals surface area contributed by atoms with E-state index < -0.39 is 0 Å². The van der Waals surface area contributed by atoms with Crippen LogP contribution in [0.5, 0.6) is 5.75 Å². The molecule has 1 aromatic carbocycles. The quantitative estimate of drug-likeness (QED) is 0.812. The second-order valence-electron chi connectivity index (χ2n) is 5.02. The largest absolute Gasteiger partial charge is 0.495 e. The number of unbranched alkanes of at least 4 members (excludes halogenated alkanes) is 1. The zero-order valence-electron chi connectivity index (χ0n) is 11.6. The fourth-order valence-corrected chi connectivity index (χ4v) is 2.74. The fourth-order valence-electron chi connectivity index (χ4n) is 2.46. The maximum absolute atomic E-state index is 6.12. The van der Waals surface area contributed by atoms with Gasteiger partial charge in [-0.05, 0) is 43.5 Å². The van der Waals surface area contributed by atoms with Crippen molar-refractivity contribution in [3.05, 3.63) is 28.8 Å². The van der Waals surface area contributed by atoms with Crippen LogP contribution >= 0.6 is 11.6 Å². The lowest BCUT2D eigenvalue weighted by atomic mass is 10.1. The molecule has 19 heavy (non-hydrogen) atoms. The van der Waals surface area contributed by atoms with Crippen LogP contribution in [0.4, 0.5) is 0 Å². The van der Waals surface area contributed by atoms with Crippen LogP contribution in [-0.2, 0) is 6.42 Å². The maximum Gasteiger partial charge on any atom is 0.137 e. The lowest BCUT2D eigenvalue weighted by Crippen LogP contribution is -2.43. The highest BCUT2D eigenvalue weighted by Crippen LogP contribution is 2.25. The zero-order chi connectivity index (χ0) is 13.5. The molecule has 0 spiro atoms. The predicted molar refractivity (Wildman–Crippen MR) is 80.3 cm³/mol. The molecule has 1 heterocycles. The number of aryl methyl sites for hydroxylation is 1. The van der Waals surface area contributed by atoms with E-state index in [0.29, 0.717) is 5.02 Å². The molecule has 4 heteroatoms. The van der Waals surface area contributed by atoms with Crippen molar-refractivity contribution in [3.63, 3.8) is 0 Å². The Morgan fingerprint density at radius 2 is 2.05 bits per heavy atom. The number of benzene rings is 1. The Kier molecular flexibility index (Phi) is 5.95. The van der Waals surface area contributed by atoms with Gasteiger partial charge < -0.3 is 15.0 Å². The predicted octanol–water partition coefficient (Wildman–Crippen LogP) is 2.58. The maximum atomic E-state index is 6.12. The lowest BCUT2D eigenvalue weighted by molar-refractivity contribution is 0.237. The third kappa shape index (κ3) is 4.68. The molecule has 0 amide bonds. The summed E-state index contributed by atoms with van der Waals surface area (Å²) in [7, 11) is 1.65. The summed E-state index contributed by atoms with van der Waals surface area (Å²) < 4.78 is 5.16. The standard InChI is InChI=1S/C15H23ClN2O/c1-19-15-6-5-13(12-14(15)16)4-2-3-9-18-10-7-17-8-11-18/h5-6,12,17H,2-4,7-11H2,1H3. The number of halogens is 1. The minimum atomic E-state index is 0.710. The summed E-state index contributed by atoms with van der Waals surface area (Å²) in [5, 5.41) is 4.09. The van der Waals surface area contributed by atoms with Crippen molar-refractivity contribution in [2.45, 2.75) is 19.3 Å².